The lowest BCUT2D eigenvalue weighted by Gasteiger charge is -2.11. The second-order valence-corrected chi connectivity index (χ2v) is 6.35. The van der Waals surface area contributed by atoms with Gasteiger partial charge in [0.1, 0.15) is 5.69 Å². The molecule has 1 rings (SSSR count). The molecule has 0 bridgehead atoms. The maximum atomic E-state index is 12.0. The second-order valence-electron chi connectivity index (χ2n) is 4.64. The Labute approximate surface area is 118 Å². The van der Waals surface area contributed by atoms with Crippen molar-refractivity contribution in [2.24, 2.45) is 0 Å². The Morgan fingerprint density at radius 1 is 1.35 bits per heavy atom. The van der Waals surface area contributed by atoms with E-state index < -0.39 is 14.9 Å². The van der Waals surface area contributed by atoms with Gasteiger partial charge in [0.2, 0.25) is 10.0 Å². The van der Waals surface area contributed by atoms with Crippen LogP contribution in [0.4, 0.5) is 11.4 Å². The lowest BCUT2D eigenvalue weighted by Crippen LogP contribution is -2.30. The van der Waals surface area contributed by atoms with E-state index in [1.165, 1.54) is 12.1 Å². The number of hydrogen-bond donors (Lipinski definition) is 2. The Morgan fingerprint density at radius 2 is 2.00 bits per heavy atom. The molecule has 0 amide bonds. The van der Waals surface area contributed by atoms with Crippen molar-refractivity contribution in [3.8, 4) is 0 Å². The summed E-state index contributed by atoms with van der Waals surface area (Å²) < 4.78 is 26.4. The fraction of sp³-hybridized carbons (Fsp3) is 0.500. The Bertz CT molecular complexity index is 584. The minimum Gasteiger partial charge on any atom is -0.380 e. The van der Waals surface area contributed by atoms with Crippen molar-refractivity contribution in [3.63, 3.8) is 0 Å². The monoisotopic (exact) mass is 301 g/mol. The van der Waals surface area contributed by atoms with Crippen molar-refractivity contribution in [3.05, 3.63) is 28.3 Å². The zero-order valence-electron chi connectivity index (χ0n) is 11.7. The highest BCUT2D eigenvalue weighted by atomic mass is 32.2. The minimum atomic E-state index is -3.74. The molecule has 1 aromatic carbocycles. The number of sulfonamides is 1. The van der Waals surface area contributed by atoms with Gasteiger partial charge in [-0.3, -0.25) is 10.1 Å². The highest BCUT2D eigenvalue weighted by Crippen LogP contribution is 2.27. The third-order valence-electron chi connectivity index (χ3n) is 2.43. The van der Waals surface area contributed by atoms with E-state index >= 15 is 0 Å². The van der Waals surface area contributed by atoms with Crippen LogP contribution in [0, 0.1) is 10.1 Å². The van der Waals surface area contributed by atoms with Gasteiger partial charge in [-0.05, 0) is 32.4 Å². The summed E-state index contributed by atoms with van der Waals surface area (Å²) in [6.07, 6.45) is 0.812. The van der Waals surface area contributed by atoms with Gasteiger partial charge in [0.15, 0.2) is 0 Å². The van der Waals surface area contributed by atoms with Crippen molar-refractivity contribution < 1.29 is 13.3 Å². The van der Waals surface area contributed by atoms with Gasteiger partial charge in [0, 0.05) is 18.7 Å². The molecular formula is C12H19N3O4S. The lowest BCUT2D eigenvalue weighted by molar-refractivity contribution is -0.384. The van der Waals surface area contributed by atoms with Crippen LogP contribution < -0.4 is 10.0 Å². The number of anilines is 1. The van der Waals surface area contributed by atoms with E-state index in [0.29, 0.717) is 12.2 Å². The average Bonchev–Trinajstić information content (AvgIpc) is 2.34. The molecule has 0 saturated heterocycles. The van der Waals surface area contributed by atoms with Crippen molar-refractivity contribution >= 4 is 21.4 Å². The standard InChI is InChI=1S/C12H19N3O4S/c1-4-7-13-11-6-5-10(8-12(11)15(16)17)20(18,19)14-9(2)3/h5-6,8-9,13-14H,4,7H2,1-3H3. The number of nitrogens with zero attached hydrogens (tertiary/aromatic N) is 1. The number of rotatable bonds is 7. The molecule has 0 aliphatic rings. The summed E-state index contributed by atoms with van der Waals surface area (Å²) in [5.74, 6) is 0. The van der Waals surface area contributed by atoms with Crippen molar-refractivity contribution in [2.75, 3.05) is 11.9 Å². The largest absolute Gasteiger partial charge is 0.380 e. The summed E-state index contributed by atoms with van der Waals surface area (Å²) in [6, 6.07) is 3.57. The summed E-state index contributed by atoms with van der Waals surface area (Å²) in [5, 5.41) is 13.9. The van der Waals surface area contributed by atoms with Crippen molar-refractivity contribution in [1.29, 1.82) is 0 Å². The van der Waals surface area contributed by atoms with E-state index in [1.807, 2.05) is 6.92 Å². The van der Waals surface area contributed by atoms with E-state index in [4.69, 9.17) is 0 Å². The molecule has 0 atom stereocenters. The first-order valence-electron chi connectivity index (χ1n) is 6.32. The first-order valence-corrected chi connectivity index (χ1v) is 7.81. The molecule has 0 unspecified atom stereocenters. The first kappa shape index (κ1) is 16.4. The van der Waals surface area contributed by atoms with Crippen LogP contribution in [0.25, 0.3) is 0 Å². The van der Waals surface area contributed by atoms with E-state index in [0.717, 1.165) is 12.5 Å². The van der Waals surface area contributed by atoms with Crippen LogP contribution in [0.15, 0.2) is 23.1 Å². The third kappa shape index (κ3) is 4.17. The second kappa shape index (κ2) is 6.67. The Hall–Kier alpha value is -1.67. The Kier molecular flexibility index (Phi) is 5.46. The van der Waals surface area contributed by atoms with Gasteiger partial charge in [-0.2, -0.15) is 0 Å². The van der Waals surface area contributed by atoms with Crippen LogP contribution in [-0.2, 0) is 10.0 Å². The van der Waals surface area contributed by atoms with E-state index in [1.54, 1.807) is 13.8 Å². The van der Waals surface area contributed by atoms with Gasteiger partial charge in [-0.25, -0.2) is 13.1 Å². The molecule has 0 radical (unpaired) electrons. The highest BCUT2D eigenvalue weighted by Gasteiger charge is 2.21. The predicted molar refractivity (Wildman–Crippen MR) is 77.3 cm³/mol. The van der Waals surface area contributed by atoms with E-state index in [2.05, 4.69) is 10.0 Å². The van der Waals surface area contributed by atoms with E-state index in [-0.39, 0.29) is 16.6 Å². The van der Waals surface area contributed by atoms with Gasteiger partial charge >= 0.3 is 0 Å². The van der Waals surface area contributed by atoms with Gasteiger partial charge in [-0.1, -0.05) is 6.92 Å². The number of benzene rings is 1. The number of hydrogen-bond acceptors (Lipinski definition) is 5. The third-order valence-corrected chi connectivity index (χ3v) is 4.09. The van der Waals surface area contributed by atoms with Crippen LogP contribution in [0.5, 0.6) is 0 Å². The Morgan fingerprint density at radius 3 is 2.50 bits per heavy atom. The molecule has 1 aromatic rings. The fourth-order valence-electron chi connectivity index (χ4n) is 1.62. The summed E-state index contributed by atoms with van der Waals surface area (Å²) in [6.45, 7) is 5.88. The molecule has 0 spiro atoms. The average molecular weight is 301 g/mol. The van der Waals surface area contributed by atoms with Crippen LogP contribution in [0.1, 0.15) is 27.2 Å². The van der Waals surface area contributed by atoms with Gasteiger partial charge in [0.25, 0.3) is 5.69 Å². The van der Waals surface area contributed by atoms with Crippen LogP contribution in [0.3, 0.4) is 0 Å². The maximum absolute atomic E-state index is 12.0. The molecule has 8 heteroatoms. The quantitative estimate of drug-likeness (QED) is 0.593. The molecular weight excluding hydrogens is 282 g/mol. The SMILES string of the molecule is CCCNc1ccc(S(=O)(=O)NC(C)C)cc1[N+](=O)[O-]. The smallest absolute Gasteiger partial charge is 0.293 e. The molecule has 7 nitrogen and oxygen atoms in total. The molecule has 0 aliphatic heterocycles. The molecule has 0 aliphatic carbocycles. The maximum Gasteiger partial charge on any atom is 0.293 e. The first-order chi connectivity index (χ1) is 9.27. The lowest BCUT2D eigenvalue weighted by atomic mass is 10.2. The topological polar surface area (TPSA) is 101 Å². The molecule has 0 aromatic heterocycles. The summed E-state index contributed by atoms with van der Waals surface area (Å²) >= 11 is 0. The zero-order chi connectivity index (χ0) is 15.3. The molecule has 0 fully saturated rings. The zero-order valence-corrected chi connectivity index (χ0v) is 12.5. The van der Waals surface area contributed by atoms with Gasteiger partial charge in [-0.15, -0.1) is 0 Å². The highest BCUT2D eigenvalue weighted by molar-refractivity contribution is 7.89. The normalized spacial score (nSPS) is 11.6. The summed E-state index contributed by atoms with van der Waals surface area (Å²) in [5.41, 5.74) is 0.0745. The number of nitrogens with one attached hydrogen (secondary N) is 2. The van der Waals surface area contributed by atoms with Crippen molar-refractivity contribution in [1.82, 2.24) is 4.72 Å². The van der Waals surface area contributed by atoms with Crippen LogP contribution in [-0.4, -0.2) is 25.9 Å². The molecule has 0 saturated carbocycles. The molecule has 2 N–H and O–H groups in total. The molecule has 112 valence electrons. The Balaban J connectivity index is 3.19. The molecule has 0 heterocycles. The van der Waals surface area contributed by atoms with Crippen LogP contribution >= 0.6 is 0 Å². The molecule has 20 heavy (non-hydrogen) atoms. The number of nitro groups is 1. The summed E-state index contributed by atoms with van der Waals surface area (Å²) in [7, 11) is -3.74. The van der Waals surface area contributed by atoms with Gasteiger partial charge in [0.05, 0.1) is 9.82 Å². The number of nitro benzene ring substituents is 1. The van der Waals surface area contributed by atoms with Crippen molar-refractivity contribution in [2.45, 2.75) is 38.1 Å². The predicted octanol–water partition coefficient (Wildman–Crippen LogP) is 2.10. The van der Waals surface area contributed by atoms with Crippen LogP contribution in [0.2, 0.25) is 0 Å². The van der Waals surface area contributed by atoms with Gasteiger partial charge < -0.3 is 5.32 Å². The minimum absolute atomic E-state index is 0.111. The fourth-order valence-corrected chi connectivity index (χ4v) is 2.89. The van der Waals surface area contributed by atoms with E-state index in [9.17, 15) is 18.5 Å². The summed E-state index contributed by atoms with van der Waals surface area (Å²) in [4.78, 5) is 10.3.